The highest BCUT2D eigenvalue weighted by Crippen LogP contribution is 2.11. The van der Waals surface area contributed by atoms with E-state index in [0.717, 1.165) is 5.56 Å². The molecule has 22 heavy (non-hydrogen) atoms. The lowest BCUT2D eigenvalue weighted by molar-refractivity contribution is -0.127. The zero-order valence-corrected chi connectivity index (χ0v) is 13.8. The molecule has 1 heterocycles. The summed E-state index contributed by atoms with van der Waals surface area (Å²) < 4.78 is 26.9. The van der Waals surface area contributed by atoms with Crippen LogP contribution in [0.5, 0.6) is 0 Å². The molecule has 8 heteroatoms. The third-order valence-corrected chi connectivity index (χ3v) is 5.25. The molecule has 0 bridgehead atoms. The van der Waals surface area contributed by atoms with E-state index in [9.17, 15) is 13.2 Å². The van der Waals surface area contributed by atoms with E-state index in [0.29, 0.717) is 31.2 Å². The smallest absolute Gasteiger partial charge is 0.279 e. The lowest BCUT2D eigenvalue weighted by atomic mass is 10.2. The van der Waals surface area contributed by atoms with Crippen LogP contribution in [-0.2, 0) is 15.0 Å². The van der Waals surface area contributed by atoms with Gasteiger partial charge in [0.25, 0.3) is 10.2 Å². The zero-order valence-electron chi connectivity index (χ0n) is 12.2. The second-order valence-electron chi connectivity index (χ2n) is 4.82. The van der Waals surface area contributed by atoms with Gasteiger partial charge in [-0.1, -0.05) is 23.7 Å². The Morgan fingerprint density at radius 3 is 2.32 bits per heavy atom. The molecule has 1 aromatic carbocycles. The number of nitrogens with one attached hydrogen (secondary N) is 1. The first kappa shape index (κ1) is 17.0. The molecule has 0 aromatic heterocycles. The lowest BCUT2D eigenvalue weighted by Crippen LogP contribution is -2.52. The van der Waals surface area contributed by atoms with Crippen molar-refractivity contribution in [3.05, 3.63) is 40.9 Å². The van der Waals surface area contributed by atoms with Gasteiger partial charge >= 0.3 is 0 Å². The number of carbonyl (C=O) groups excluding carboxylic acids is 1. The molecule has 0 saturated carbocycles. The predicted octanol–water partition coefficient (Wildman–Crippen LogP) is 0.962. The van der Waals surface area contributed by atoms with Crippen molar-refractivity contribution >= 4 is 33.8 Å². The molecule has 1 fully saturated rings. The van der Waals surface area contributed by atoms with Crippen LogP contribution in [0.15, 0.2) is 30.3 Å². The average molecular weight is 344 g/mol. The quantitative estimate of drug-likeness (QED) is 0.828. The summed E-state index contributed by atoms with van der Waals surface area (Å²) >= 11 is 5.80. The summed E-state index contributed by atoms with van der Waals surface area (Å²) in [7, 11) is -2.04. The largest absolute Gasteiger partial charge is 0.337 e. The predicted molar refractivity (Wildman–Crippen MR) is 86.6 cm³/mol. The van der Waals surface area contributed by atoms with Gasteiger partial charge in [0.15, 0.2) is 0 Å². The molecule has 0 radical (unpaired) electrons. The fourth-order valence-electron chi connectivity index (χ4n) is 2.12. The van der Waals surface area contributed by atoms with Crippen LogP contribution in [0.1, 0.15) is 5.56 Å². The topological polar surface area (TPSA) is 69.7 Å². The highest BCUT2D eigenvalue weighted by molar-refractivity contribution is 7.87. The van der Waals surface area contributed by atoms with Crippen LogP contribution in [0, 0.1) is 0 Å². The minimum Gasteiger partial charge on any atom is -0.337 e. The van der Waals surface area contributed by atoms with Crippen molar-refractivity contribution in [1.29, 1.82) is 0 Å². The first-order valence-corrected chi connectivity index (χ1v) is 8.65. The van der Waals surface area contributed by atoms with E-state index in [1.165, 1.54) is 17.4 Å². The van der Waals surface area contributed by atoms with Crippen LogP contribution in [0.3, 0.4) is 0 Å². The number of piperazine rings is 1. The maximum absolute atomic E-state index is 12.1. The summed E-state index contributed by atoms with van der Waals surface area (Å²) in [6.45, 7) is 1.35. The molecule has 1 saturated heterocycles. The van der Waals surface area contributed by atoms with Gasteiger partial charge in [0, 0.05) is 44.3 Å². The molecule has 1 aliphatic rings. The number of rotatable bonds is 4. The standard InChI is InChI=1S/C14H18ClN3O3S/c1-16-22(20,21)18-10-8-17(9-11-18)14(19)7-4-12-2-5-13(15)6-3-12/h2-7,16H,8-11H2,1H3. The van der Waals surface area contributed by atoms with Gasteiger partial charge in [-0.3, -0.25) is 4.79 Å². The SMILES string of the molecule is CNS(=O)(=O)N1CCN(C(=O)C=Cc2ccc(Cl)cc2)CC1. The molecular weight excluding hydrogens is 326 g/mol. The van der Waals surface area contributed by atoms with Gasteiger partial charge in [0.05, 0.1) is 0 Å². The van der Waals surface area contributed by atoms with Crippen LogP contribution in [0.25, 0.3) is 6.08 Å². The molecule has 120 valence electrons. The summed E-state index contributed by atoms with van der Waals surface area (Å²) in [5.41, 5.74) is 0.883. The van der Waals surface area contributed by atoms with Gasteiger partial charge in [0.1, 0.15) is 0 Å². The van der Waals surface area contributed by atoms with Crippen molar-refractivity contribution in [1.82, 2.24) is 13.9 Å². The summed E-state index contributed by atoms with van der Waals surface area (Å²) in [5, 5.41) is 0.644. The Kier molecular flexibility index (Phi) is 5.57. The lowest BCUT2D eigenvalue weighted by Gasteiger charge is -2.33. The van der Waals surface area contributed by atoms with Crippen molar-refractivity contribution in [2.75, 3.05) is 33.2 Å². The molecule has 0 spiro atoms. The van der Waals surface area contributed by atoms with Crippen molar-refractivity contribution in [3.63, 3.8) is 0 Å². The van der Waals surface area contributed by atoms with Gasteiger partial charge in [-0.15, -0.1) is 0 Å². The van der Waals surface area contributed by atoms with E-state index in [1.807, 2.05) is 12.1 Å². The Labute approximate surface area is 135 Å². The molecule has 1 amide bonds. The molecule has 1 aliphatic heterocycles. The number of hydrogen-bond donors (Lipinski definition) is 1. The second-order valence-corrected chi connectivity index (χ2v) is 7.13. The number of nitrogens with zero attached hydrogens (tertiary/aromatic N) is 2. The zero-order chi connectivity index (χ0) is 16.2. The fourth-order valence-corrected chi connectivity index (χ4v) is 3.15. The van der Waals surface area contributed by atoms with Gasteiger partial charge in [-0.05, 0) is 23.8 Å². The van der Waals surface area contributed by atoms with Crippen LogP contribution in [0.2, 0.25) is 5.02 Å². The molecule has 0 aliphatic carbocycles. The van der Waals surface area contributed by atoms with Gasteiger partial charge < -0.3 is 4.90 Å². The normalized spacial score (nSPS) is 17.1. The van der Waals surface area contributed by atoms with Crippen molar-refractivity contribution < 1.29 is 13.2 Å². The average Bonchev–Trinajstić information content (AvgIpc) is 2.54. The molecule has 0 atom stereocenters. The van der Waals surface area contributed by atoms with Gasteiger partial charge in [-0.2, -0.15) is 12.7 Å². The Hall–Kier alpha value is -1.41. The van der Waals surface area contributed by atoms with E-state index >= 15 is 0 Å². The summed E-state index contributed by atoms with van der Waals surface area (Å²) in [6, 6.07) is 7.16. The van der Waals surface area contributed by atoms with Crippen molar-refractivity contribution in [3.8, 4) is 0 Å². The molecule has 0 unspecified atom stereocenters. The monoisotopic (exact) mass is 343 g/mol. The number of amides is 1. The first-order valence-electron chi connectivity index (χ1n) is 6.83. The van der Waals surface area contributed by atoms with Crippen molar-refractivity contribution in [2.24, 2.45) is 0 Å². The van der Waals surface area contributed by atoms with Crippen LogP contribution in [0.4, 0.5) is 0 Å². The van der Waals surface area contributed by atoms with Crippen LogP contribution >= 0.6 is 11.6 Å². The third-order valence-electron chi connectivity index (χ3n) is 3.44. The van der Waals surface area contributed by atoms with Gasteiger partial charge in [-0.25, -0.2) is 4.72 Å². The van der Waals surface area contributed by atoms with Crippen LogP contribution < -0.4 is 4.72 Å². The van der Waals surface area contributed by atoms with Crippen molar-refractivity contribution in [2.45, 2.75) is 0 Å². The summed E-state index contributed by atoms with van der Waals surface area (Å²) in [5.74, 6) is -0.128. The second kappa shape index (κ2) is 7.23. The Balaban J connectivity index is 1.91. The van der Waals surface area contributed by atoms with E-state index < -0.39 is 10.2 Å². The maximum Gasteiger partial charge on any atom is 0.279 e. The molecule has 1 N–H and O–H groups in total. The number of carbonyl (C=O) groups is 1. The minimum absolute atomic E-state index is 0.128. The van der Waals surface area contributed by atoms with E-state index in [4.69, 9.17) is 11.6 Å². The number of halogens is 1. The van der Waals surface area contributed by atoms with Gasteiger partial charge in [0.2, 0.25) is 5.91 Å². The van der Waals surface area contributed by atoms with E-state index in [1.54, 1.807) is 23.1 Å². The molecule has 2 rings (SSSR count). The molecule has 6 nitrogen and oxygen atoms in total. The van der Waals surface area contributed by atoms with Crippen LogP contribution in [-0.4, -0.2) is 56.8 Å². The number of benzene rings is 1. The molecule has 1 aromatic rings. The number of hydrogen-bond acceptors (Lipinski definition) is 3. The summed E-state index contributed by atoms with van der Waals surface area (Å²) in [6.07, 6.45) is 3.21. The maximum atomic E-state index is 12.1. The fraction of sp³-hybridized carbons (Fsp3) is 0.357. The highest BCUT2D eigenvalue weighted by Gasteiger charge is 2.26. The molecular formula is C14H18ClN3O3S. The first-order chi connectivity index (χ1) is 10.4. The highest BCUT2D eigenvalue weighted by atomic mass is 35.5. The van der Waals surface area contributed by atoms with E-state index in [2.05, 4.69) is 4.72 Å². The Morgan fingerprint density at radius 2 is 1.77 bits per heavy atom. The van der Waals surface area contributed by atoms with E-state index in [-0.39, 0.29) is 5.91 Å². The third kappa shape index (κ3) is 4.30. The Bertz CT molecular complexity index is 650. The minimum atomic E-state index is -3.41. The Morgan fingerprint density at radius 1 is 1.18 bits per heavy atom. The summed E-state index contributed by atoms with van der Waals surface area (Å²) in [4.78, 5) is 13.7.